The Labute approximate surface area is 94.1 Å². The standard InChI is InChI=1S/C13H13NO2/c15-11-5-9-7-13(16-8-10(9)6-11)12-3-1-2-4-14-12/h1-5,10,13H,6-8H2/t10-,13-/m0/s1. The van der Waals surface area contributed by atoms with Crippen LogP contribution in [0.1, 0.15) is 24.6 Å². The van der Waals surface area contributed by atoms with E-state index in [1.54, 1.807) is 12.3 Å². The Balaban J connectivity index is 1.81. The van der Waals surface area contributed by atoms with Gasteiger partial charge >= 0.3 is 0 Å². The SMILES string of the molecule is O=C1C=C2C[C@@H](c3ccccn3)OC[C@@H]2C1. The van der Waals surface area contributed by atoms with Gasteiger partial charge in [-0.05, 0) is 18.2 Å². The lowest BCUT2D eigenvalue weighted by Gasteiger charge is -2.28. The van der Waals surface area contributed by atoms with Gasteiger partial charge in [-0.15, -0.1) is 0 Å². The Bertz CT molecular complexity index is 439. The summed E-state index contributed by atoms with van der Waals surface area (Å²) in [5.41, 5.74) is 2.20. The van der Waals surface area contributed by atoms with Gasteiger partial charge in [0, 0.05) is 25.0 Å². The predicted molar refractivity (Wildman–Crippen MR) is 58.7 cm³/mol. The van der Waals surface area contributed by atoms with Gasteiger partial charge < -0.3 is 4.74 Å². The first-order valence-corrected chi connectivity index (χ1v) is 5.59. The minimum atomic E-state index is 0.0228. The molecule has 0 amide bonds. The van der Waals surface area contributed by atoms with Crippen LogP contribution >= 0.6 is 0 Å². The Hall–Kier alpha value is -1.48. The van der Waals surface area contributed by atoms with Gasteiger partial charge in [-0.1, -0.05) is 11.6 Å². The molecule has 0 aromatic carbocycles. The molecular weight excluding hydrogens is 202 g/mol. The summed E-state index contributed by atoms with van der Waals surface area (Å²) < 4.78 is 5.77. The third-order valence-corrected chi connectivity index (χ3v) is 3.26. The van der Waals surface area contributed by atoms with E-state index in [1.165, 1.54) is 5.57 Å². The number of hydrogen-bond donors (Lipinski definition) is 0. The fourth-order valence-corrected chi connectivity index (χ4v) is 2.41. The molecule has 3 nitrogen and oxygen atoms in total. The second-order valence-electron chi connectivity index (χ2n) is 4.37. The number of aromatic nitrogens is 1. The highest BCUT2D eigenvalue weighted by atomic mass is 16.5. The Morgan fingerprint density at radius 2 is 2.25 bits per heavy atom. The Morgan fingerprint density at radius 3 is 3.06 bits per heavy atom. The fraction of sp³-hybridized carbons (Fsp3) is 0.385. The molecule has 1 saturated heterocycles. The number of carbonyl (C=O) groups excluding carboxylic acids is 1. The first-order valence-electron chi connectivity index (χ1n) is 5.59. The number of rotatable bonds is 1. The number of pyridine rings is 1. The van der Waals surface area contributed by atoms with Crippen LogP contribution in [0.15, 0.2) is 36.0 Å². The van der Waals surface area contributed by atoms with Crippen LogP contribution in [0.4, 0.5) is 0 Å². The third kappa shape index (κ3) is 1.67. The molecule has 0 spiro atoms. The van der Waals surface area contributed by atoms with Crippen molar-refractivity contribution >= 4 is 5.78 Å². The van der Waals surface area contributed by atoms with Gasteiger partial charge in [-0.25, -0.2) is 0 Å². The molecule has 3 rings (SSSR count). The minimum Gasteiger partial charge on any atom is -0.371 e. The molecule has 1 aromatic heterocycles. The number of nitrogens with zero attached hydrogens (tertiary/aromatic N) is 1. The summed E-state index contributed by atoms with van der Waals surface area (Å²) in [5.74, 6) is 0.567. The highest BCUT2D eigenvalue weighted by Gasteiger charge is 2.32. The number of carbonyl (C=O) groups is 1. The molecule has 1 aliphatic heterocycles. The second-order valence-corrected chi connectivity index (χ2v) is 4.37. The van der Waals surface area contributed by atoms with Crippen molar-refractivity contribution in [2.45, 2.75) is 18.9 Å². The van der Waals surface area contributed by atoms with Gasteiger partial charge in [0.1, 0.15) is 6.10 Å². The van der Waals surface area contributed by atoms with Gasteiger partial charge in [0.15, 0.2) is 5.78 Å². The van der Waals surface area contributed by atoms with E-state index >= 15 is 0 Å². The molecule has 2 aliphatic rings. The van der Waals surface area contributed by atoms with E-state index < -0.39 is 0 Å². The number of allylic oxidation sites excluding steroid dienone is 1. The molecule has 82 valence electrons. The highest BCUT2D eigenvalue weighted by Crippen LogP contribution is 2.38. The highest BCUT2D eigenvalue weighted by molar-refractivity contribution is 5.93. The number of ketones is 1. The topological polar surface area (TPSA) is 39.2 Å². The number of ether oxygens (including phenoxy) is 1. The summed E-state index contributed by atoms with van der Waals surface area (Å²) in [6.07, 6.45) is 5.04. The molecule has 1 aromatic rings. The average molecular weight is 215 g/mol. The fourth-order valence-electron chi connectivity index (χ4n) is 2.41. The normalized spacial score (nSPS) is 28.8. The third-order valence-electron chi connectivity index (χ3n) is 3.26. The first-order chi connectivity index (χ1) is 7.83. The lowest BCUT2D eigenvalue weighted by molar-refractivity contribution is -0.115. The van der Waals surface area contributed by atoms with E-state index in [2.05, 4.69) is 4.98 Å². The van der Waals surface area contributed by atoms with Gasteiger partial charge in [-0.2, -0.15) is 0 Å². The quantitative estimate of drug-likeness (QED) is 0.719. The maximum absolute atomic E-state index is 11.3. The minimum absolute atomic E-state index is 0.0228. The van der Waals surface area contributed by atoms with E-state index in [0.717, 1.165) is 12.1 Å². The molecule has 1 fully saturated rings. The molecule has 0 radical (unpaired) electrons. The molecule has 0 saturated carbocycles. The van der Waals surface area contributed by atoms with Crippen molar-refractivity contribution in [2.75, 3.05) is 6.61 Å². The molecule has 0 N–H and O–H groups in total. The van der Waals surface area contributed by atoms with Crippen LogP contribution in [0.25, 0.3) is 0 Å². The Morgan fingerprint density at radius 1 is 1.31 bits per heavy atom. The summed E-state index contributed by atoms with van der Waals surface area (Å²) in [5, 5.41) is 0. The van der Waals surface area contributed by atoms with Crippen LogP contribution in [0, 0.1) is 5.92 Å². The van der Waals surface area contributed by atoms with Crippen LogP contribution in [0.2, 0.25) is 0 Å². The van der Waals surface area contributed by atoms with Crippen molar-refractivity contribution in [2.24, 2.45) is 5.92 Å². The van der Waals surface area contributed by atoms with Crippen LogP contribution in [-0.2, 0) is 9.53 Å². The molecule has 0 unspecified atom stereocenters. The lowest BCUT2D eigenvalue weighted by Crippen LogP contribution is -2.21. The van der Waals surface area contributed by atoms with Crippen molar-refractivity contribution in [3.63, 3.8) is 0 Å². The summed E-state index contributed by atoms with van der Waals surface area (Å²) in [6.45, 7) is 0.652. The maximum atomic E-state index is 11.3. The number of hydrogen-bond acceptors (Lipinski definition) is 3. The van der Waals surface area contributed by atoms with E-state index in [9.17, 15) is 4.79 Å². The zero-order valence-electron chi connectivity index (χ0n) is 8.93. The van der Waals surface area contributed by atoms with Gasteiger partial charge in [0.05, 0.1) is 12.3 Å². The number of fused-ring (bicyclic) bond motifs is 1. The van der Waals surface area contributed by atoms with Crippen molar-refractivity contribution in [1.82, 2.24) is 4.98 Å². The molecule has 2 heterocycles. The molecular formula is C13H13NO2. The van der Waals surface area contributed by atoms with Crippen molar-refractivity contribution in [1.29, 1.82) is 0 Å². The molecule has 2 atom stereocenters. The van der Waals surface area contributed by atoms with E-state index in [4.69, 9.17) is 4.74 Å². The molecule has 16 heavy (non-hydrogen) atoms. The van der Waals surface area contributed by atoms with Gasteiger partial charge in [-0.3, -0.25) is 9.78 Å². The van der Waals surface area contributed by atoms with Crippen molar-refractivity contribution in [3.8, 4) is 0 Å². The molecule has 1 aliphatic carbocycles. The van der Waals surface area contributed by atoms with Crippen molar-refractivity contribution < 1.29 is 9.53 Å². The van der Waals surface area contributed by atoms with E-state index in [0.29, 0.717) is 18.9 Å². The summed E-state index contributed by atoms with van der Waals surface area (Å²) in [4.78, 5) is 15.6. The van der Waals surface area contributed by atoms with Gasteiger partial charge in [0.25, 0.3) is 0 Å². The van der Waals surface area contributed by atoms with Crippen LogP contribution in [-0.4, -0.2) is 17.4 Å². The largest absolute Gasteiger partial charge is 0.371 e. The maximum Gasteiger partial charge on any atom is 0.156 e. The van der Waals surface area contributed by atoms with Crippen molar-refractivity contribution in [3.05, 3.63) is 41.7 Å². The second kappa shape index (κ2) is 3.83. The Kier molecular flexibility index (Phi) is 2.33. The molecule has 0 bridgehead atoms. The summed E-state index contributed by atoms with van der Waals surface area (Å²) >= 11 is 0. The zero-order chi connectivity index (χ0) is 11.0. The monoisotopic (exact) mass is 215 g/mol. The zero-order valence-corrected chi connectivity index (χ0v) is 8.93. The van der Waals surface area contributed by atoms with Gasteiger partial charge in [0.2, 0.25) is 0 Å². The van der Waals surface area contributed by atoms with Crippen LogP contribution < -0.4 is 0 Å². The van der Waals surface area contributed by atoms with Crippen LogP contribution in [0.5, 0.6) is 0 Å². The van der Waals surface area contributed by atoms with E-state index in [-0.39, 0.29) is 11.9 Å². The van der Waals surface area contributed by atoms with E-state index in [1.807, 2.05) is 18.2 Å². The molecule has 3 heteroatoms. The predicted octanol–water partition coefficient (Wildman–Crippen LogP) is 2.06. The first kappa shape index (κ1) is 9.73. The van der Waals surface area contributed by atoms with Crippen LogP contribution in [0.3, 0.4) is 0 Å². The average Bonchev–Trinajstić information content (AvgIpc) is 2.69. The summed E-state index contributed by atoms with van der Waals surface area (Å²) in [7, 11) is 0. The lowest BCUT2D eigenvalue weighted by atomic mass is 9.93. The smallest absolute Gasteiger partial charge is 0.156 e. The summed E-state index contributed by atoms with van der Waals surface area (Å²) in [6, 6.07) is 5.84.